The summed E-state index contributed by atoms with van der Waals surface area (Å²) in [4.78, 5) is 23.2. The molecule has 0 bridgehead atoms. The van der Waals surface area contributed by atoms with Gasteiger partial charge in [-0.1, -0.05) is 12.1 Å². The van der Waals surface area contributed by atoms with Crippen LogP contribution >= 0.6 is 0 Å². The lowest BCUT2D eigenvalue weighted by atomic mass is 10.2. The number of hydrogen-bond donors (Lipinski definition) is 0. The minimum atomic E-state index is -0.446. The lowest BCUT2D eigenvalue weighted by Crippen LogP contribution is -2.32. The van der Waals surface area contributed by atoms with Crippen molar-refractivity contribution in [2.75, 3.05) is 6.61 Å². The average Bonchev–Trinajstić information content (AvgIpc) is 2.66. The van der Waals surface area contributed by atoms with Crippen LogP contribution < -0.4 is 4.74 Å². The zero-order valence-electron chi connectivity index (χ0n) is 10.3. The number of nitrogens with zero attached hydrogens (tertiary/aromatic N) is 2. The third-order valence-electron chi connectivity index (χ3n) is 2.50. The highest BCUT2D eigenvalue weighted by Crippen LogP contribution is 2.13. The van der Waals surface area contributed by atoms with Gasteiger partial charge in [0, 0.05) is 5.71 Å². The number of benzene rings is 1. The second kappa shape index (κ2) is 5.00. The number of aryl methyl sites for hydroxylation is 1. The fourth-order valence-corrected chi connectivity index (χ4v) is 1.66. The van der Waals surface area contributed by atoms with E-state index in [4.69, 9.17) is 4.74 Å². The van der Waals surface area contributed by atoms with Gasteiger partial charge in [-0.2, -0.15) is 10.1 Å². The highest BCUT2D eigenvalue weighted by atomic mass is 16.5. The second-order valence-corrected chi connectivity index (χ2v) is 4.22. The quantitative estimate of drug-likeness (QED) is 0.812. The molecule has 0 fully saturated rings. The highest BCUT2D eigenvalue weighted by molar-refractivity contribution is 6.10. The molecule has 94 valence electrons. The van der Waals surface area contributed by atoms with Crippen LogP contribution in [0, 0.1) is 6.92 Å². The molecule has 1 aromatic rings. The van der Waals surface area contributed by atoms with Crippen LogP contribution in [0.5, 0.6) is 5.75 Å². The molecule has 0 unspecified atom stereocenters. The maximum absolute atomic E-state index is 11.7. The molecule has 1 heterocycles. The molecular formula is C13H14N2O3. The lowest BCUT2D eigenvalue weighted by Gasteiger charge is -2.11. The smallest absolute Gasteiger partial charge is 0.287 e. The number of hydrazone groups is 1. The number of carbonyl (C=O) groups excluding carboxylic acids is 2. The molecule has 5 heteroatoms. The van der Waals surface area contributed by atoms with Crippen molar-refractivity contribution in [3.05, 3.63) is 29.8 Å². The Labute approximate surface area is 105 Å². The van der Waals surface area contributed by atoms with E-state index in [0.29, 0.717) is 11.5 Å². The first-order valence-corrected chi connectivity index (χ1v) is 5.65. The Hall–Kier alpha value is -2.17. The molecule has 0 atom stereocenters. The number of ether oxygens (including phenoxy) is 1. The summed E-state index contributed by atoms with van der Waals surface area (Å²) < 4.78 is 5.33. The lowest BCUT2D eigenvalue weighted by molar-refractivity contribution is -0.144. The fourth-order valence-electron chi connectivity index (χ4n) is 1.66. The topological polar surface area (TPSA) is 59.0 Å². The molecule has 0 saturated carbocycles. The van der Waals surface area contributed by atoms with Crippen LogP contribution in [0.1, 0.15) is 18.9 Å². The van der Waals surface area contributed by atoms with Crippen molar-refractivity contribution in [1.82, 2.24) is 5.01 Å². The average molecular weight is 246 g/mol. The second-order valence-electron chi connectivity index (χ2n) is 4.22. The number of carbonyl (C=O) groups is 2. The van der Waals surface area contributed by atoms with Gasteiger partial charge in [0.15, 0.2) is 6.61 Å². The van der Waals surface area contributed by atoms with Crippen LogP contribution in [0.15, 0.2) is 29.4 Å². The normalized spacial score (nSPS) is 14.7. The highest BCUT2D eigenvalue weighted by Gasteiger charge is 2.27. The molecule has 0 radical (unpaired) electrons. The van der Waals surface area contributed by atoms with E-state index in [0.717, 1.165) is 10.6 Å². The van der Waals surface area contributed by atoms with E-state index in [-0.39, 0.29) is 18.9 Å². The first kappa shape index (κ1) is 12.3. The number of amides is 2. The van der Waals surface area contributed by atoms with E-state index in [1.165, 1.54) is 0 Å². The molecule has 0 aliphatic carbocycles. The van der Waals surface area contributed by atoms with Crippen molar-refractivity contribution < 1.29 is 14.3 Å². The van der Waals surface area contributed by atoms with Gasteiger partial charge in [-0.3, -0.25) is 9.59 Å². The zero-order chi connectivity index (χ0) is 13.1. The summed E-state index contributed by atoms with van der Waals surface area (Å²) in [6, 6.07) is 7.37. The van der Waals surface area contributed by atoms with Crippen molar-refractivity contribution in [3.8, 4) is 5.75 Å². The molecule has 1 aliphatic rings. The van der Waals surface area contributed by atoms with Crippen LogP contribution in [0.3, 0.4) is 0 Å². The Morgan fingerprint density at radius 3 is 2.83 bits per heavy atom. The van der Waals surface area contributed by atoms with Gasteiger partial charge in [0.25, 0.3) is 11.8 Å². The van der Waals surface area contributed by atoms with E-state index >= 15 is 0 Å². The SMILES string of the molecule is CC1=NN(C(=O)COc2cccc(C)c2)C(=O)C1. The number of hydrogen-bond acceptors (Lipinski definition) is 4. The summed E-state index contributed by atoms with van der Waals surface area (Å²) in [5.74, 6) is -0.139. The molecule has 18 heavy (non-hydrogen) atoms. The van der Waals surface area contributed by atoms with Crippen LogP contribution in [-0.2, 0) is 9.59 Å². The van der Waals surface area contributed by atoms with E-state index in [1.807, 2.05) is 25.1 Å². The Morgan fingerprint density at radius 1 is 1.44 bits per heavy atom. The summed E-state index contributed by atoms with van der Waals surface area (Å²) >= 11 is 0. The molecule has 5 nitrogen and oxygen atoms in total. The van der Waals surface area contributed by atoms with Gasteiger partial charge in [-0.25, -0.2) is 0 Å². The van der Waals surface area contributed by atoms with Gasteiger partial charge in [0.1, 0.15) is 5.75 Å². The summed E-state index contributed by atoms with van der Waals surface area (Å²) in [5.41, 5.74) is 1.69. The van der Waals surface area contributed by atoms with Crippen molar-refractivity contribution >= 4 is 17.5 Å². The summed E-state index contributed by atoms with van der Waals surface area (Å²) in [5, 5.41) is 4.75. The van der Waals surface area contributed by atoms with Crippen LogP contribution in [0.2, 0.25) is 0 Å². The first-order chi connectivity index (χ1) is 8.56. The standard InChI is InChI=1S/C13H14N2O3/c1-9-4-3-5-11(6-9)18-8-13(17)15-12(16)7-10(2)14-15/h3-6H,7-8H2,1-2H3. The van der Waals surface area contributed by atoms with E-state index in [1.54, 1.807) is 13.0 Å². The molecule has 2 amide bonds. The first-order valence-electron chi connectivity index (χ1n) is 5.65. The van der Waals surface area contributed by atoms with Crippen molar-refractivity contribution in [3.63, 3.8) is 0 Å². The molecule has 0 aromatic heterocycles. The van der Waals surface area contributed by atoms with E-state index in [2.05, 4.69) is 5.10 Å². The van der Waals surface area contributed by atoms with Gasteiger partial charge in [-0.05, 0) is 31.5 Å². The van der Waals surface area contributed by atoms with Gasteiger partial charge in [0.2, 0.25) is 0 Å². The molecular weight excluding hydrogens is 232 g/mol. The van der Waals surface area contributed by atoms with Gasteiger partial charge in [-0.15, -0.1) is 0 Å². The maximum atomic E-state index is 11.7. The minimum absolute atomic E-state index is 0.189. The molecule has 1 aromatic carbocycles. The maximum Gasteiger partial charge on any atom is 0.287 e. The zero-order valence-corrected chi connectivity index (χ0v) is 10.3. The number of rotatable bonds is 3. The molecule has 0 saturated heterocycles. The molecule has 0 N–H and O–H groups in total. The van der Waals surface area contributed by atoms with E-state index < -0.39 is 5.91 Å². The Morgan fingerprint density at radius 2 is 2.22 bits per heavy atom. The van der Waals surface area contributed by atoms with E-state index in [9.17, 15) is 9.59 Å². The largest absolute Gasteiger partial charge is 0.484 e. The van der Waals surface area contributed by atoms with Gasteiger partial charge in [0.05, 0.1) is 6.42 Å². The third-order valence-corrected chi connectivity index (χ3v) is 2.50. The molecule has 2 rings (SSSR count). The van der Waals surface area contributed by atoms with Crippen molar-refractivity contribution in [1.29, 1.82) is 0 Å². The third kappa shape index (κ3) is 2.74. The van der Waals surface area contributed by atoms with Crippen LogP contribution in [0.4, 0.5) is 0 Å². The van der Waals surface area contributed by atoms with Crippen molar-refractivity contribution in [2.24, 2.45) is 5.10 Å². The van der Waals surface area contributed by atoms with Crippen molar-refractivity contribution in [2.45, 2.75) is 20.3 Å². The minimum Gasteiger partial charge on any atom is -0.484 e. The molecule has 1 aliphatic heterocycles. The van der Waals surface area contributed by atoms with Crippen LogP contribution in [0.25, 0.3) is 0 Å². The number of imide groups is 1. The Balaban J connectivity index is 1.95. The predicted molar refractivity (Wildman–Crippen MR) is 66.3 cm³/mol. The Bertz CT molecular complexity index is 523. The fraction of sp³-hybridized carbons (Fsp3) is 0.308. The monoisotopic (exact) mass is 246 g/mol. The van der Waals surface area contributed by atoms with Gasteiger partial charge >= 0.3 is 0 Å². The molecule has 0 spiro atoms. The Kier molecular flexibility index (Phi) is 3.41. The summed E-state index contributed by atoms with van der Waals surface area (Å²) in [6.07, 6.45) is 0.205. The predicted octanol–water partition coefficient (Wildman–Crippen LogP) is 1.51. The summed E-state index contributed by atoms with van der Waals surface area (Å²) in [6.45, 7) is 3.46. The van der Waals surface area contributed by atoms with Gasteiger partial charge < -0.3 is 4.74 Å². The summed E-state index contributed by atoms with van der Waals surface area (Å²) in [7, 11) is 0. The van der Waals surface area contributed by atoms with Crippen LogP contribution in [-0.4, -0.2) is 29.1 Å².